The number of aryl methyl sites for hydroxylation is 1. The van der Waals surface area contributed by atoms with Crippen molar-refractivity contribution in [3.05, 3.63) is 59.4 Å². The normalized spacial score (nSPS) is 18.1. The molecular formula is C19H21N3O3. The maximum Gasteiger partial charge on any atom is 0.247 e. The van der Waals surface area contributed by atoms with E-state index in [4.69, 9.17) is 13.9 Å². The molecule has 1 fully saturated rings. The standard InChI is InChI=1S/C19H21N3O3/c1-13-2-4-14(5-3-13)18-20-21-19(25-18)15-8-9-22(10-15)11-16-6-7-17(12-23)24-16/h2-7,15,23H,8-12H2,1H3. The number of benzene rings is 1. The van der Waals surface area contributed by atoms with Crippen LogP contribution >= 0.6 is 0 Å². The van der Waals surface area contributed by atoms with Gasteiger partial charge in [0.15, 0.2) is 0 Å². The van der Waals surface area contributed by atoms with Gasteiger partial charge in [0.2, 0.25) is 11.8 Å². The predicted octanol–water partition coefficient (Wildman–Crippen LogP) is 3.12. The van der Waals surface area contributed by atoms with Gasteiger partial charge in [0.25, 0.3) is 0 Å². The Hall–Kier alpha value is -2.44. The van der Waals surface area contributed by atoms with Gasteiger partial charge in [-0.25, -0.2) is 0 Å². The monoisotopic (exact) mass is 339 g/mol. The van der Waals surface area contributed by atoms with Gasteiger partial charge in [0, 0.05) is 12.1 Å². The van der Waals surface area contributed by atoms with Crippen LogP contribution in [0.3, 0.4) is 0 Å². The Morgan fingerprint density at radius 2 is 1.88 bits per heavy atom. The number of aliphatic hydroxyl groups excluding tert-OH is 1. The Morgan fingerprint density at radius 1 is 1.08 bits per heavy atom. The highest BCUT2D eigenvalue weighted by molar-refractivity contribution is 5.52. The largest absolute Gasteiger partial charge is 0.462 e. The molecule has 0 radical (unpaired) electrons. The van der Waals surface area contributed by atoms with E-state index in [1.54, 1.807) is 0 Å². The summed E-state index contributed by atoms with van der Waals surface area (Å²) in [6.45, 7) is 4.55. The molecule has 25 heavy (non-hydrogen) atoms. The van der Waals surface area contributed by atoms with Gasteiger partial charge in [-0.2, -0.15) is 0 Å². The van der Waals surface area contributed by atoms with E-state index >= 15 is 0 Å². The molecule has 1 atom stereocenters. The lowest BCUT2D eigenvalue weighted by Gasteiger charge is -2.13. The van der Waals surface area contributed by atoms with Crippen molar-refractivity contribution < 1.29 is 13.9 Å². The Morgan fingerprint density at radius 3 is 2.64 bits per heavy atom. The summed E-state index contributed by atoms with van der Waals surface area (Å²) in [5, 5.41) is 17.5. The van der Waals surface area contributed by atoms with Gasteiger partial charge in [0.1, 0.15) is 18.1 Å². The molecule has 1 saturated heterocycles. The number of nitrogens with zero attached hydrogens (tertiary/aromatic N) is 3. The van der Waals surface area contributed by atoms with Crippen LogP contribution in [0, 0.1) is 6.92 Å². The van der Waals surface area contributed by atoms with Crippen LogP contribution in [-0.4, -0.2) is 33.3 Å². The minimum absolute atomic E-state index is 0.0631. The fourth-order valence-electron chi connectivity index (χ4n) is 3.20. The molecule has 1 aliphatic heterocycles. The van der Waals surface area contributed by atoms with Crippen molar-refractivity contribution in [2.24, 2.45) is 0 Å². The fraction of sp³-hybridized carbons (Fsp3) is 0.368. The van der Waals surface area contributed by atoms with Gasteiger partial charge in [-0.15, -0.1) is 10.2 Å². The molecule has 4 rings (SSSR count). The van der Waals surface area contributed by atoms with Crippen LogP contribution in [0.15, 0.2) is 45.2 Å². The van der Waals surface area contributed by atoms with E-state index < -0.39 is 0 Å². The SMILES string of the molecule is Cc1ccc(-c2nnc(C3CCN(Cc4ccc(CO)o4)C3)o2)cc1. The highest BCUT2D eigenvalue weighted by Crippen LogP contribution is 2.29. The van der Waals surface area contributed by atoms with E-state index in [1.807, 2.05) is 36.4 Å². The molecule has 6 nitrogen and oxygen atoms in total. The molecule has 1 unspecified atom stereocenters. The Bertz CT molecular complexity index is 838. The first-order chi connectivity index (χ1) is 12.2. The van der Waals surface area contributed by atoms with Crippen LogP contribution in [0.5, 0.6) is 0 Å². The third kappa shape index (κ3) is 3.50. The smallest absolute Gasteiger partial charge is 0.247 e. The predicted molar refractivity (Wildman–Crippen MR) is 91.7 cm³/mol. The highest BCUT2D eigenvalue weighted by atomic mass is 16.4. The molecule has 0 aliphatic carbocycles. The number of hydrogen-bond acceptors (Lipinski definition) is 6. The third-order valence-electron chi connectivity index (χ3n) is 4.61. The minimum Gasteiger partial charge on any atom is -0.462 e. The number of aliphatic hydroxyl groups is 1. The molecule has 1 aromatic carbocycles. The number of hydrogen-bond donors (Lipinski definition) is 1. The first-order valence-electron chi connectivity index (χ1n) is 8.52. The maximum atomic E-state index is 9.08. The van der Waals surface area contributed by atoms with Crippen LogP contribution in [0.4, 0.5) is 0 Å². The number of likely N-dealkylation sites (tertiary alicyclic amines) is 1. The quantitative estimate of drug-likeness (QED) is 0.770. The van der Waals surface area contributed by atoms with Gasteiger partial charge in [-0.1, -0.05) is 17.7 Å². The van der Waals surface area contributed by atoms with Gasteiger partial charge in [0.05, 0.1) is 12.5 Å². The summed E-state index contributed by atoms with van der Waals surface area (Å²) >= 11 is 0. The third-order valence-corrected chi connectivity index (χ3v) is 4.61. The molecule has 130 valence electrons. The number of furan rings is 1. The van der Waals surface area contributed by atoms with Crippen LogP contribution in [-0.2, 0) is 13.2 Å². The van der Waals surface area contributed by atoms with Crippen molar-refractivity contribution in [2.45, 2.75) is 32.4 Å². The summed E-state index contributed by atoms with van der Waals surface area (Å²) in [5.41, 5.74) is 2.16. The first-order valence-corrected chi connectivity index (χ1v) is 8.52. The summed E-state index contributed by atoms with van der Waals surface area (Å²) in [7, 11) is 0. The number of rotatable bonds is 5. The van der Waals surface area contributed by atoms with Crippen LogP contribution in [0.1, 0.15) is 35.3 Å². The molecule has 6 heteroatoms. The van der Waals surface area contributed by atoms with Gasteiger partial charge in [-0.3, -0.25) is 4.90 Å². The lowest BCUT2D eigenvalue weighted by atomic mass is 10.1. The molecule has 1 aliphatic rings. The lowest BCUT2D eigenvalue weighted by Crippen LogP contribution is -2.19. The summed E-state index contributed by atoms with van der Waals surface area (Å²) < 4.78 is 11.5. The van der Waals surface area contributed by atoms with E-state index in [1.165, 1.54) is 5.56 Å². The number of aromatic nitrogens is 2. The zero-order valence-electron chi connectivity index (χ0n) is 14.2. The molecule has 0 saturated carbocycles. The Kier molecular flexibility index (Phi) is 4.38. The molecule has 0 bridgehead atoms. The zero-order valence-corrected chi connectivity index (χ0v) is 14.2. The van der Waals surface area contributed by atoms with Crippen molar-refractivity contribution in [3.8, 4) is 11.5 Å². The first kappa shape index (κ1) is 16.1. The second-order valence-electron chi connectivity index (χ2n) is 6.56. The molecule has 0 amide bonds. The Balaban J connectivity index is 1.41. The van der Waals surface area contributed by atoms with Crippen LogP contribution < -0.4 is 0 Å². The van der Waals surface area contributed by atoms with Crippen LogP contribution in [0.25, 0.3) is 11.5 Å². The van der Waals surface area contributed by atoms with Gasteiger partial charge < -0.3 is 13.9 Å². The van der Waals surface area contributed by atoms with Crippen molar-refractivity contribution in [1.29, 1.82) is 0 Å². The molecule has 1 N–H and O–H groups in total. The highest BCUT2D eigenvalue weighted by Gasteiger charge is 2.28. The molecule has 3 aromatic rings. The minimum atomic E-state index is -0.0631. The van der Waals surface area contributed by atoms with Crippen molar-refractivity contribution >= 4 is 0 Å². The van der Waals surface area contributed by atoms with Crippen LogP contribution in [0.2, 0.25) is 0 Å². The maximum absolute atomic E-state index is 9.08. The topological polar surface area (TPSA) is 75.5 Å². The van der Waals surface area contributed by atoms with Crippen molar-refractivity contribution in [3.63, 3.8) is 0 Å². The van der Waals surface area contributed by atoms with E-state index in [-0.39, 0.29) is 12.5 Å². The lowest BCUT2D eigenvalue weighted by molar-refractivity contribution is 0.231. The summed E-state index contributed by atoms with van der Waals surface area (Å²) in [5.74, 6) is 3.00. The van der Waals surface area contributed by atoms with Gasteiger partial charge in [-0.05, 0) is 44.2 Å². The zero-order chi connectivity index (χ0) is 17.2. The second-order valence-corrected chi connectivity index (χ2v) is 6.56. The Labute approximate surface area is 146 Å². The molecule has 2 aromatic heterocycles. The van der Waals surface area contributed by atoms with Crippen molar-refractivity contribution in [1.82, 2.24) is 15.1 Å². The molecular weight excluding hydrogens is 318 g/mol. The van der Waals surface area contributed by atoms with E-state index in [0.29, 0.717) is 17.5 Å². The summed E-state index contributed by atoms with van der Waals surface area (Å²) in [4.78, 5) is 2.31. The fourth-order valence-corrected chi connectivity index (χ4v) is 3.20. The summed E-state index contributed by atoms with van der Waals surface area (Å²) in [6, 6.07) is 11.8. The van der Waals surface area contributed by atoms with Crippen molar-refractivity contribution in [2.75, 3.05) is 13.1 Å². The molecule has 3 heterocycles. The van der Waals surface area contributed by atoms with Gasteiger partial charge >= 0.3 is 0 Å². The summed E-state index contributed by atoms with van der Waals surface area (Å²) in [6.07, 6.45) is 0.989. The van der Waals surface area contributed by atoms with E-state index in [0.717, 1.165) is 37.4 Å². The second kappa shape index (κ2) is 6.82. The van der Waals surface area contributed by atoms with E-state index in [9.17, 15) is 0 Å². The molecule has 0 spiro atoms. The van der Waals surface area contributed by atoms with E-state index in [2.05, 4.69) is 22.0 Å². The average Bonchev–Trinajstić information content (AvgIpc) is 3.36. The average molecular weight is 339 g/mol.